The largest absolute Gasteiger partial charge is 0.368 e. The molecule has 1 fully saturated rings. The van der Waals surface area contributed by atoms with Gasteiger partial charge in [-0.15, -0.1) is 0 Å². The fourth-order valence-corrected chi connectivity index (χ4v) is 3.05. The lowest BCUT2D eigenvalue weighted by atomic mass is 10.2. The van der Waals surface area contributed by atoms with Gasteiger partial charge < -0.3 is 15.1 Å². The minimum atomic E-state index is -3.81. The zero-order valence-corrected chi connectivity index (χ0v) is 14.9. The van der Waals surface area contributed by atoms with Gasteiger partial charge in [-0.1, -0.05) is 18.5 Å². The summed E-state index contributed by atoms with van der Waals surface area (Å²) >= 11 is 5.87. The van der Waals surface area contributed by atoms with Crippen LogP contribution in [0.5, 0.6) is 0 Å². The second kappa shape index (κ2) is 7.85. The Morgan fingerprint density at radius 2 is 1.71 bits per heavy atom. The second-order valence-electron chi connectivity index (χ2n) is 5.39. The van der Waals surface area contributed by atoms with Crippen LogP contribution in [0.4, 0.5) is 10.5 Å². The summed E-state index contributed by atoms with van der Waals surface area (Å²) in [5.41, 5.74) is 1.04. The fraction of sp³-hybridized carbons (Fsp3) is 0.467. The average molecular weight is 374 g/mol. The maximum Gasteiger partial charge on any atom is 0.336 e. The van der Waals surface area contributed by atoms with E-state index in [0.717, 1.165) is 5.69 Å². The van der Waals surface area contributed by atoms with Gasteiger partial charge in [0, 0.05) is 36.9 Å². The molecule has 24 heavy (non-hydrogen) atoms. The molecule has 0 aromatic heterocycles. The Hall–Kier alpha value is -1.80. The molecule has 2 amide bonds. The van der Waals surface area contributed by atoms with Crippen molar-refractivity contribution in [2.24, 2.45) is 0 Å². The normalized spacial score (nSPS) is 15.2. The van der Waals surface area contributed by atoms with Crippen LogP contribution in [-0.4, -0.2) is 62.9 Å². The highest BCUT2D eigenvalue weighted by atomic mass is 35.5. The number of nitrogens with one attached hydrogen (secondary N) is 1. The van der Waals surface area contributed by atoms with Gasteiger partial charge in [-0.25, -0.2) is 8.42 Å². The van der Waals surface area contributed by atoms with Crippen molar-refractivity contribution in [3.63, 3.8) is 0 Å². The highest BCUT2D eigenvalue weighted by Gasteiger charge is 2.24. The number of nitrogens with zero attached hydrogens (tertiary/aromatic N) is 2. The number of hydrogen-bond donors (Lipinski definition) is 1. The first kappa shape index (κ1) is 18.5. The van der Waals surface area contributed by atoms with Gasteiger partial charge in [0.2, 0.25) is 15.7 Å². The number of halogens is 1. The van der Waals surface area contributed by atoms with Crippen LogP contribution in [0.1, 0.15) is 6.92 Å². The van der Waals surface area contributed by atoms with Crippen LogP contribution in [-0.2, 0) is 14.6 Å². The van der Waals surface area contributed by atoms with E-state index in [2.05, 4.69) is 10.2 Å². The zero-order chi connectivity index (χ0) is 17.7. The van der Waals surface area contributed by atoms with Gasteiger partial charge in [0.05, 0.1) is 12.3 Å². The maximum absolute atomic E-state index is 12.1. The van der Waals surface area contributed by atoms with Gasteiger partial charge in [0.25, 0.3) is 0 Å². The Bertz CT molecular complexity index is 698. The van der Waals surface area contributed by atoms with E-state index in [9.17, 15) is 18.0 Å². The highest BCUT2D eigenvalue weighted by Crippen LogP contribution is 2.19. The quantitative estimate of drug-likeness (QED) is 0.855. The van der Waals surface area contributed by atoms with Gasteiger partial charge in [0.1, 0.15) is 0 Å². The molecule has 0 spiro atoms. The Morgan fingerprint density at radius 1 is 1.12 bits per heavy atom. The summed E-state index contributed by atoms with van der Waals surface area (Å²) in [5, 5.41) is 1.75. The molecular weight excluding hydrogens is 354 g/mol. The molecule has 0 aliphatic carbocycles. The standard InChI is InChI=1S/C15H20ClN3O4S/c1-2-24(22,23)15(21)17-11-14(20)19-9-7-18(8-10-19)13-5-3-12(16)4-6-13/h3-6H,2,7-11H2,1H3,(H,17,21). The SMILES string of the molecule is CCS(=O)(=O)C(=O)NCC(=O)N1CCN(c2ccc(Cl)cc2)CC1. The first-order chi connectivity index (χ1) is 11.3. The number of benzene rings is 1. The molecule has 1 aliphatic rings. The lowest BCUT2D eigenvalue weighted by molar-refractivity contribution is -0.130. The number of amides is 2. The van der Waals surface area contributed by atoms with Crippen LogP contribution in [0.15, 0.2) is 24.3 Å². The third-order valence-corrected chi connectivity index (χ3v) is 5.59. The van der Waals surface area contributed by atoms with Crippen molar-refractivity contribution in [3.05, 3.63) is 29.3 Å². The summed E-state index contributed by atoms with van der Waals surface area (Å²) in [7, 11) is -3.81. The lowest BCUT2D eigenvalue weighted by Gasteiger charge is -2.36. The molecule has 0 atom stereocenters. The highest BCUT2D eigenvalue weighted by molar-refractivity contribution is 8.05. The number of rotatable bonds is 4. The maximum atomic E-state index is 12.1. The number of anilines is 1. The minimum Gasteiger partial charge on any atom is -0.368 e. The van der Waals surface area contributed by atoms with E-state index in [1.54, 1.807) is 4.90 Å². The Morgan fingerprint density at radius 3 is 2.25 bits per heavy atom. The van der Waals surface area contributed by atoms with E-state index >= 15 is 0 Å². The molecule has 2 rings (SSSR count). The number of carbonyl (C=O) groups excluding carboxylic acids is 2. The molecule has 1 aromatic rings. The molecule has 0 unspecified atom stereocenters. The van der Waals surface area contributed by atoms with Gasteiger partial charge in [-0.05, 0) is 24.3 Å². The molecule has 1 heterocycles. The molecule has 1 N–H and O–H groups in total. The molecule has 9 heteroatoms. The Labute approximate surface area is 146 Å². The Balaban J connectivity index is 1.82. The van der Waals surface area contributed by atoms with Crippen molar-refractivity contribution >= 4 is 38.3 Å². The van der Waals surface area contributed by atoms with Gasteiger partial charge in [0.15, 0.2) is 0 Å². The van der Waals surface area contributed by atoms with Crippen LogP contribution in [0, 0.1) is 0 Å². The van der Waals surface area contributed by atoms with Crippen molar-refractivity contribution in [2.75, 3.05) is 43.4 Å². The first-order valence-electron chi connectivity index (χ1n) is 7.62. The number of hydrogen-bond acceptors (Lipinski definition) is 5. The second-order valence-corrected chi connectivity index (χ2v) is 8.00. The van der Waals surface area contributed by atoms with Crippen LogP contribution >= 0.6 is 11.6 Å². The fourth-order valence-electron chi connectivity index (χ4n) is 2.37. The molecule has 132 valence electrons. The average Bonchev–Trinajstić information content (AvgIpc) is 2.60. The summed E-state index contributed by atoms with van der Waals surface area (Å²) in [6.07, 6.45) is 0. The monoisotopic (exact) mass is 373 g/mol. The summed E-state index contributed by atoms with van der Waals surface area (Å²) in [6, 6.07) is 7.49. The van der Waals surface area contributed by atoms with Gasteiger partial charge >= 0.3 is 5.24 Å². The third kappa shape index (κ3) is 4.61. The lowest BCUT2D eigenvalue weighted by Crippen LogP contribution is -2.51. The molecule has 1 saturated heterocycles. The summed E-state index contributed by atoms with van der Waals surface area (Å²) in [5.74, 6) is -0.572. The van der Waals surface area contributed by atoms with Crippen molar-refractivity contribution in [1.82, 2.24) is 10.2 Å². The summed E-state index contributed by atoms with van der Waals surface area (Å²) in [6.45, 7) is 3.42. The van der Waals surface area contributed by atoms with Crippen molar-refractivity contribution in [2.45, 2.75) is 6.92 Å². The topological polar surface area (TPSA) is 86.8 Å². The van der Waals surface area contributed by atoms with Gasteiger partial charge in [-0.3, -0.25) is 9.59 Å². The first-order valence-corrected chi connectivity index (χ1v) is 9.65. The van der Waals surface area contributed by atoms with Crippen LogP contribution < -0.4 is 10.2 Å². The van der Waals surface area contributed by atoms with Crippen LogP contribution in [0.3, 0.4) is 0 Å². The van der Waals surface area contributed by atoms with Crippen molar-refractivity contribution in [1.29, 1.82) is 0 Å². The molecule has 1 aromatic carbocycles. The predicted molar refractivity (Wildman–Crippen MR) is 93.1 cm³/mol. The predicted octanol–water partition coefficient (Wildman–Crippen LogP) is 1.13. The number of carbonyl (C=O) groups is 2. The van der Waals surface area contributed by atoms with Gasteiger partial charge in [-0.2, -0.15) is 0 Å². The van der Waals surface area contributed by atoms with E-state index in [1.165, 1.54) is 6.92 Å². The molecule has 0 radical (unpaired) electrons. The van der Waals surface area contributed by atoms with E-state index in [0.29, 0.717) is 31.2 Å². The van der Waals surface area contributed by atoms with E-state index in [-0.39, 0.29) is 18.2 Å². The van der Waals surface area contributed by atoms with E-state index < -0.39 is 15.1 Å². The molecule has 0 saturated carbocycles. The zero-order valence-electron chi connectivity index (χ0n) is 13.4. The molecule has 1 aliphatic heterocycles. The van der Waals surface area contributed by atoms with Crippen molar-refractivity contribution in [3.8, 4) is 0 Å². The molecule has 0 bridgehead atoms. The molecule has 7 nitrogen and oxygen atoms in total. The Kier molecular flexibility index (Phi) is 6.06. The van der Waals surface area contributed by atoms with E-state index in [1.807, 2.05) is 24.3 Å². The smallest absolute Gasteiger partial charge is 0.336 e. The summed E-state index contributed by atoms with van der Waals surface area (Å²) < 4.78 is 22.7. The molecular formula is C15H20ClN3O4S. The van der Waals surface area contributed by atoms with Crippen LogP contribution in [0.2, 0.25) is 5.02 Å². The third-order valence-electron chi connectivity index (χ3n) is 3.87. The van der Waals surface area contributed by atoms with Crippen LogP contribution in [0.25, 0.3) is 0 Å². The van der Waals surface area contributed by atoms with Crippen molar-refractivity contribution < 1.29 is 18.0 Å². The summed E-state index contributed by atoms with van der Waals surface area (Å²) in [4.78, 5) is 27.3. The number of piperazine rings is 1. The van der Waals surface area contributed by atoms with E-state index in [4.69, 9.17) is 11.6 Å². The number of sulfone groups is 1. The minimum absolute atomic E-state index is 0.285.